The van der Waals surface area contributed by atoms with E-state index in [0.29, 0.717) is 25.4 Å². The van der Waals surface area contributed by atoms with E-state index in [2.05, 4.69) is 17.6 Å². The molecule has 1 aromatic carbocycles. The molecule has 1 aliphatic rings. The van der Waals surface area contributed by atoms with Crippen LogP contribution < -0.4 is 16.3 Å². The molecule has 6 nitrogen and oxygen atoms in total. The molecule has 2 heterocycles. The van der Waals surface area contributed by atoms with Gasteiger partial charge in [-0.2, -0.15) is 0 Å². The summed E-state index contributed by atoms with van der Waals surface area (Å²) < 4.78 is 3.53. The first kappa shape index (κ1) is 20.5. The Morgan fingerprint density at radius 3 is 2.54 bits per heavy atom. The lowest BCUT2D eigenvalue weighted by atomic mass is 10.1. The number of carbonyl (C=O) groups excluding carboxylic acids is 1. The van der Waals surface area contributed by atoms with Gasteiger partial charge in [0, 0.05) is 26.1 Å². The predicted molar refractivity (Wildman–Crippen MR) is 107 cm³/mol. The van der Waals surface area contributed by atoms with Crippen molar-refractivity contribution in [3.63, 3.8) is 0 Å². The Bertz CT molecular complexity index is 777. The fourth-order valence-corrected chi connectivity index (χ4v) is 3.61. The van der Waals surface area contributed by atoms with Gasteiger partial charge in [-0.05, 0) is 50.4 Å². The molecule has 1 amide bonds. The van der Waals surface area contributed by atoms with Crippen molar-refractivity contribution in [3.05, 3.63) is 34.7 Å². The maximum atomic E-state index is 12.7. The Labute approximate surface area is 160 Å². The maximum absolute atomic E-state index is 12.7. The SMILES string of the molecule is CCCn1c(=O)n(CCC(=O)NCCC2CCNC2)c2ccccc21.Cl. The van der Waals surface area contributed by atoms with Crippen LogP contribution in [0.4, 0.5) is 0 Å². The number of hydrogen-bond acceptors (Lipinski definition) is 3. The molecule has 144 valence electrons. The summed E-state index contributed by atoms with van der Waals surface area (Å²) in [5, 5.41) is 6.33. The van der Waals surface area contributed by atoms with E-state index < -0.39 is 0 Å². The summed E-state index contributed by atoms with van der Waals surface area (Å²) in [5.41, 5.74) is 1.84. The van der Waals surface area contributed by atoms with Crippen molar-refractivity contribution in [1.82, 2.24) is 19.8 Å². The van der Waals surface area contributed by atoms with Crippen molar-refractivity contribution in [3.8, 4) is 0 Å². The summed E-state index contributed by atoms with van der Waals surface area (Å²) in [6.07, 6.45) is 3.46. The molecule has 0 bridgehead atoms. The van der Waals surface area contributed by atoms with E-state index in [1.54, 1.807) is 9.13 Å². The number of aromatic nitrogens is 2. The molecule has 1 unspecified atom stereocenters. The number of fused-ring (bicyclic) bond motifs is 1. The minimum Gasteiger partial charge on any atom is -0.356 e. The highest BCUT2D eigenvalue weighted by atomic mass is 35.5. The highest BCUT2D eigenvalue weighted by molar-refractivity contribution is 5.85. The number of hydrogen-bond donors (Lipinski definition) is 2. The number of halogens is 1. The number of nitrogens with one attached hydrogen (secondary N) is 2. The molecule has 1 saturated heterocycles. The van der Waals surface area contributed by atoms with Gasteiger partial charge in [0.25, 0.3) is 0 Å². The number of benzene rings is 1. The van der Waals surface area contributed by atoms with Gasteiger partial charge >= 0.3 is 5.69 Å². The third-order valence-corrected chi connectivity index (χ3v) is 4.97. The number of rotatable bonds is 8. The van der Waals surface area contributed by atoms with Crippen molar-refractivity contribution in [2.45, 2.75) is 45.7 Å². The smallest absolute Gasteiger partial charge is 0.329 e. The fraction of sp³-hybridized carbons (Fsp3) is 0.579. The van der Waals surface area contributed by atoms with E-state index in [-0.39, 0.29) is 24.0 Å². The van der Waals surface area contributed by atoms with Crippen LogP contribution in [-0.2, 0) is 17.9 Å². The lowest BCUT2D eigenvalue weighted by molar-refractivity contribution is -0.121. The molecule has 1 aliphatic heterocycles. The van der Waals surface area contributed by atoms with Gasteiger partial charge in [0.15, 0.2) is 0 Å². The topological polar surface area (TPSA) is 68.1 Å². The van der Waals surface area contributed by atoms with Crippen molar-refractivity contribution in [2.75, 3.05) is 19.6 Å². The van der Waals surface area contributed by atoms with Crippen molar-refractivity contribution < 1.29 is 4.79 Å². The Balaban J connectivity index is 0.00000243. The van der Waals surface area contributed by atoms with Gasteiger partial charge in [0.05, 0.1) is 11.0 Å². The van der Waals surface area contributed by atoms with Crippen LogP contribution in [0.5, 0.6) is 0 Å². The third kappa shape index (κ3) is 4.68. The summed E-state index contributed by atoms with van der Waals surface area (Å²) in [6, 6.07) is 7.81. The first-order chi connectivity index (χ1) is 12.2. The summed E-state index contributed by atoms with van der Waals surface area (Å²) in [5.74, 6) is 0.695. The minimum atomic E-state index is -0.0205. The van der Waals surface area contributed by atoms with Gasteiger partial charge in [0.1, 0.15) is 0 Å². The van der Waals surface area contributed by atoms with Crippen LogP contribution in [0.25, 0.3) is 11.0 Å². The quantitative estimate of drug-likeness (QED) is 0.737. The average Bonchev–Trinajstić information content (AvgIpc) is 3.21. The number of carbonyl (C=O) groups is 1. The molecule has 3 rings (SSSR count). The molecule has 0 radical (unpaired) electrons. The summed E-state index contributed by atoms with van der Waals surface area (Å²) in [7, 11) is 0. The molecule has 2 aromatic rings. The van der Waals surface area contributed by atoms with Crippen LogP contribution >= 0.6 is 12.4 Å². The van der Waals surface area contributed by atoms with Crippen molar-refractivity contribution >= 4 is 29.3 Å². The molecule has 0 aliphatic carbocycles. The predicted octanol–water partition coefficient (Wildman–Crippen LogP) is 2.14. The van der Waals surface area contributed by atoms with Crippen LogP contribution in [-0.4, -0.2) is 34.7 Å². The Morgan fingerprint density at radius 2 is 1.92 bits per heavy atom. The lowest BCUT2D eigenvalue weighted by Crippen LogP contribution is -2.30. The Kier molecular flexibility index (Phi) is 7.72. The highest BCUT2D eigenvalue weighted by Crippen LogP contribution is 2.14. The van der Waals surface area contributed by atoms with Crippen LogP contribution in [0.3, 0.4) is 0 Å². The third-order valence-electron chi connectivity index (χ3n) is 4.97. The second-order valence-corrected chi connectivity index (χ2v) is 6.82. The van der Waals surface area contributed by atoms with Gasteiger partial charge in [0.2, 0.25) is 5.91 Å². The zero-order valence-electron chi connectivity index (χ0n) is 15.4. The molecule has 1 atom stereocenters. The second-order valence-electron chi connectivity index (χ2n) is 6.82. The van der Waals surface area contributed by atoms with Crippen molar-refractivity contribution in [1.29, 1.82) is 0 Å². The molecule has 1 fully saturated rings. The molecule has 26 heavy (non-hydrogen) atoms. The summed E-state index contributed by atoms with van der Waals surface area (Å²) in [4.78, 5) is 24.8. The van der Waals surface area contributed by atoms with Gasteiger partial charge in [-0.25, -0.2) is 4.79 Å². The van der Waals surface area contributed by atoms with Gasteiger partial charge < -0.3 is 10.6 Å². The Morgan fingerprint density at radius 1 is 1.23 bits per heavy atom. The first-order valence-corrected chi connectivity index (χ1v) is 9.36. The number of aryl methyl sites for hydroxylation is 2. The fourth-order valence-electron chi connectivity index (χ4n) is 3.61. The molecule has 2 N–H and O–H groups in total. The molecular weight excluding hydrogens is 352 g/mol. The van der Waals surface area contributed by atoms with Gasteiger partial charge in [-0.15, -0.1) is 12.4 Å². The summed E-state index contributed by atoms with van der Waals surface area (Å²) in [6.45, 7) is 6.05. The van der Waals surface area contributed by atoms with E-state index in [9.17, 15) is 9.59 Å². The number of imidazole rings is 1. The number of amides is 1. The lowest BCUT2D eigenvalue weighted by Gasteiger charge is -2.09. The zero-order valence-corrected chi connectivity index (χ0v) is 16.2. The minimum absolute atomic E-state index is 0. The van der Waals surface area contributed by atoms with Crippen LogP contribution in [0.15, 0.2) is 29.1 Å². The van der Waals surface area contributed by atoms with E-state index >= 15 is 0 Å². The van der Waals surface area contributed by atoms with Crippen LogP contribution in [0.2, 0.25) is 0 Å². The van der Waals surface area contributed by atoms with Crippen LogP contribution in [0, 0.1) is 5.92 Å². The molecule has 1 aromatic heterocycles. The average molecular weight is 381 g/mol. The largest absolute Gasteiger partial charge is 0.356 e. The zero-order chi connectivity index (χ0) is 17.6. The van der Waals surface area contributed by atoms with Crippen molar-refractivity contribution in [2.24, 2.45) is 5.92 Å². The standard InChI is InChI=1S/C19H28N4O2.ClH/c1-2-12-22-16-5-3-4-6-17(16)23(19(22)25)13-9-18(24)21-11-8-15-7-10-20-14-15;/h3-6,15,20H,2,7-14H2,1H3,(H,21,24);1H. The molecule has 7 heteroatoms. The van der Waals surface area contributed by atoms with E-state index in [1.165, 1.54) is 6.42 Å². The van der Waals surface area contributed by atoms with E-state index in [4.69, 9.17) is 0 Å². The molecule has 0 saturated carbocycles. The first-order valence-electron chi connectivity index (χ1n) is 9.36. The van der Waals surface area contributed by atoms with Gasteiger partial charge in [-0.3, -0.25) is 13.9 Å². The maximum Gasteiger partial charge on any atom is 0.329 e. The number of para-hydroxylation sites is 2. The molecular formula is C19H29ClN4O2. The number of nitrogens with zero attached hydrogens (tertiary/aromatic N) is 2. The Hall–Kier alpha value is -1.79. The monoisotopic (exact) mass is 380 g/mol. The highest BCUT2D eigenvalue weighted by Gasteiger charge is 2.15. The summed E-state index contributed by atoms with van der Waals surface area (Å²) >= 11 is 0. The second kappa shape index (κ2) is 9.78. The van der Waals surface area contributed by atoms with Gasteiger partial charge in [-0.1, -0.05) is 19.1 Å². The van der Waals surface area contributed by atoms with Crippen LogP contribution in [0.1, 0.15) is 32.6 Å². The van der Waals surface area contributed by atoms with E-state index in [1.807, 2.05) is 24.3 Å². The molecule has 0 spiro atoms. The normalized spacial score (nSPS) is 16.6. The van der Waals surface area contributed by atoms with E-state index in [0.717, 1.165) is 43.5 Å².